The maximum absolute atomic E-state index is 7.03. The van der Waals surface area contributed by atoms with Crippen LogP contribution in [0.25, 0.3) is 0 Å². The number of rotatable bonds is 7. The fraction of sp³-hybridized carbons (Fsp3) is 0.895. The van der Waals surface area contributed by atoms with Crippen molar-refractivity contribution in [3.63, 3.8) is 0 Å². The van der Waals surface area contributed by atoms with E-state index in [4.69, 9.17) is 13.9 Å². The average molecular weight is 392 g/mol. The van der Waals surface area contributed by atoms with Crippen molar-refractivity contribution in [2.45, 2.75) is 88.9 Å². The summed E-state index contributed by atoms with van der Waals surface area (Å²) < 4.78 is 6.55. The molecule has 128 valence electrons. The molecule has 4 atom stereocenters. The molecule has 2 unspecified atom stereocenters. The van der Waals surface area contributed by atoms with Gasteiger partial charge in [0.1, 0.15) is 0 Å². The van der Waals surface area contributed by atoms with Crippen molar-refractivity contribution in [1.82, 2.24) is 0 Å². The van der Waals surface area contributed by atoms with Crippen LogP contribution < -0.4 is 0 Å². The van der Waals surface area contributed by atoms with E-state index in [1.54, 1.807) is 0 Å². The molecule has 0 radical (unpaired) electrons. The van der Waals surface area contributed by atoms with Crippen molar-refractivity contribution in [3.05, 3.63) is 12.2 Å². The molecule has 1 heterocycles. The van der Waals surface area contributed by atoms with Crippen molar-refractivity contribution >= 4 is 22.4 Å². The van der Waals surface area contributed by atoms with E-state index < -0.39 is 12.3 Å². The van der Waals surface area contributed by atoms with Crippen LogP contribution in [0, 0.1) is 16.7 Å². The molecule has 3 rings (SSSR count). The molecule has 2 saturated carbocycles. The number of halogens is 1. The zero-order valence-corrected chi connectivity index (χ0v) is 17.0. The van der Waals surface area contributed by atoms with Gasteiger partial charge in [0.25, 0.3) is 0 Å². The monoisotopic (exact) mass is 392 g/mol. The van der Waals surface area contributed by atoms with Gasteiger partial charge in [0.2, 0.25) is 0 Å². The minimum absolute atomic E-state index is 0.425. The van der Waals surface area contributed by atoms with E-state index in [1.165, 1.54) is 56.7 Å². The molecule has 1 nitrogen and oxygen atoms in total. The molecule has 0 amide bonds. The van der Waals surface area contributed by atoms with Gasteiger partial charge < -0.3 is 0 Å². The molecule has 1 aliphatic heterocycles. The average Bonchev–Trinajstić information content (AvgIpc) is 2.97. The van der Waals surface area contributed by atoms with Crippen LogP contribution in [0.5, 0.6) is 0 Å². The second kappa shape index (κ2) is 6.43. The van der Waals surface area contributed by atoms with Crippen LogP contribution in [-0.2, 0) is 3.82 Å². The van der Waals surface area contributed by atoms with Gasteiger partial charge in [-0.25, -0.2) is 0 Å². The predicted octanol–water partition coefficient (Wildman–Crippen LogP) is 6.42. The first-order valence-corrected chi connectivity index (χ1v) is 14.6. The van der Waals surface area contributed by atoms with Crippen molar-refractivity contribution in [1.29, 1.82) is 0 Å². The van der Waals surface area contributed by atoms with E-state index in [0.29, 0.717) is 16.9 Å². The summed E-state index contributed by atoms with van der Waals surface area (Å²) in [4.78, 5) is 0. The quantitative estimate of drug-likeness (QED) is 0.276. The minimum atomic E-state index is -2.23. The summed E-state index contributed by atoms with van der Waals surface area (Å²) >= 11 is -2.23. The summed E-state index contributed by atoms with van der Waals surface area (Å²) in [5.74, 6) is 0.879. The Kier molecular flexibility index (Phi) is 5.07. The fourth-order valence-corrected chi connectivity index (χ4v) is 13.0. The van der Waals surface area contributed by atoms with Crippen LogP contribution in [0.4, 0.5) is 0 Å². The number of hydrogen-bond acceptors (Lipinski definition) is 1. The zero-order valence-electron chi connectivity index (χ0n) is 14.6. The van der Waals surface area contributed by atoms with E-state index in [0.717, 1.165) is 11.2 Å². The summed E-state index contributed by atoms with van der Waals surface area (Å²) in [6.45, 7) is 7.23. The third kappa shape index (κ3) is 2.83. The van der Waals surface area contributed by atoms with Crippen molar-refractivity contribution in [2.75, 3.05) is 0 Å². The third-order valence-corrected chi connectivity index (χ3v) is 13.1. The Morgan fingerprint density at radius 1 is 1.23 bits per heavy atom. The Morgan fingerprint density at radius 3 is 2.73 bits per heavy atom. The van der Waals surface area contributed by atoms with E-state index in [1.807, 2.05) is 0 Å². The summed E-state index contributed by atoms with van der Waals surface area (Å²) in [7, 11) is 7.03. The van der Waals surface area contributed by atoms with E-state index in [-0.39, 0.29) is 0 Å². The van der Waals surface area contributed by atoms with Crippen LogP contribution in [-0.4, -0.2) is 18.4 Å². The Bertz CT molecular complexity index is 435. The van der Waals surface area contributed by atoms with Crippen molar-refractivity contribution in [2.24, 2.45) is 16.7 Å². The van der Waals surface area contributed by atoms with Crippen LogP contribution in [0.1, 0.15) is 72.1 Å². The molecule has 0 aromatic carbocycles. The molecular weight excluding hydrogens is 359 g/mol. The second-order valence-corrected chi connectivity index (χ2v) is 15.9. The Hall–Kier alpha value is 0.509. The molecule has 3 heteroatoms. The zero-order chi connectivity index (χ0) is 15.8. The van der Waals surface area contributed by atoms with Crippen LogP contribution in [0.15, 0.2) is 12.2 Å². The molecule has 0 aromatic rings. The predicted molar refractivity (Wildman–Crippen MR) is 97.5 cm³/mol. The van der Waals surface area contributed by atoms with Gasteiger partial charge in [0, 0.05) is 0 Å². The fourth-order valence-electron chi connectivity index (χ4n) is 5.22. The second-order valence-electron chi connectivity index (χ2n) is 8.29. The Labute approximate surface area is 144 Å². The molecular formula is C19H33ClOSe. The molecule has 2 bridgehead atoms. The van der Waals surface area contributed by atoms with Gasteiger partial charge >= 0.3 is 144 Å². The van der Waals surface area contributed by atoms with E-state index in [2.05, 4.69) is 32.9 Å². The van der Waals surface area contributed by atoms with Gasteiger partial charge in [0.05, 0.1) is 0 Å². The third-order valence-electron chi connectivity index (χ3n) is 6.86. The molecule has 0 N–H and O–H groups in total. The van der Waals surface area contributed by atoms with Gasteiger partial charge in [-0.05, 0) is 0 Å². The van der Waals surface area contributed by atoms with Gasteiger partial charge in [-0.2, -0.15) is 0 Å². The Balaban J connectivity index is 1.53. The van der Waals surface area contributed by atoms with Gasteiger partial charge in [-0.3, -0.25) is 0 Å². The van der Waals surface area contributed by atoms with Gasteiger partial charge in [0.15, 0.2) is 0 Å². The first kappa shape index (κ1) is 17.3. The topological polar surface area (TPSA) is 9.23 Å². The summed E-state index contributed by atoms with van der Waals surface area (Å²) in [5, 5.41) is 2.24. The first-order chi connectivity index (χ1) is 10.4. The molecule has 2 aliphatic carbocycles. The molecule has 1 saturated heterocycles. The summed E-state index contributed by atoms with van der Waals surface area (Å²) in [6, 6.07) is 0. The molecule has 1 spiro atoms. The number of allylic oxidation sites excluding steroid dienone is 2. The van der Waals surface area contributed by atoms with E-state index >= 15 is 0 Å². The van der Waals surface area contributed by atoms with E-state index in [9.17, 15) is 0 Å². The molecule has 22 heavy (non-hydrogen) atoms. The number of hydrogen-bond donors (Lipinski definition) is 0. The summed E-state index contributed by atoms with van der Waals surface area (Å²) in [6.07, 6.45) is 15.8. The molecule has 3 fully saturated rings. The SMILES string of the molecule is CCCCCC/C=C/C[Se]1(Cl)C[C@]23CC[C@H](CC2O1)C3(C)C. The Morgan fingerprint density at radius 2 is 2.05 bits per heavy atom. The van der Waals surface area contributed by atoms with Crippen LogP contribution in [0.3, 0.4) is 0 Å². The summed E-state index contributed by atoms with van der Waals surface area (Å²) in [5.41, 5.74) is 0.879. The molecule has 0 aromatic heterocycles. The first-order valence-electron chi connectivity index (χ1n) is 9.25. The number of fused-ring (bicyclic) bond motifs is 1. The van der Waals surface area contributed by atoms with Crippen LogP contribution >= 0.6 is 10.1 Å². The van der Waals surface area contributed by atoms with Crippen molar-refractivity contribution in [3.8, 4) is 0 Å². The maximum atomic E-state index is 7.03. The van der Waals surface area contributed by atoms with Crippen molar-refractivity contribution < 1.29 is 3.82 Å². The van der Waals surface area contributed by atoms with Crippen LogP contribution in [0.2, 0.25) is 10.6 Å². The standard InChI is InChI=1S/C19H33ClOSe/c1-4-5-6-7-8-9-10-13-22(20)15-19-12-11-16(18(19,2)3)14-17(19)21-22/h9-10,16-17H,4-8,11-15H2,1-3H3/b10-9+/t16-,17?,19-/m1/s1. The number of unbranched alkanes of at least 4 members (excludes halogenated alkanes) is 4. The van der Waals surface area contributed by atoms with Gasteiger partial charge in [-0.1, -0.05) is 0 Å². The normalized spacial score (nSPS) is 45.3. The van der Waals surface area contributed by atoms with Gasteiger partial charge in [-0.15, -0.1) is 0 Å². The molecule has 3 aliphatic rings.